The summed E-state index contributed by atoms with van der Waals surface area (Å²) in [5.41, 5.74) is 0. The van der Waals surface area contributed by atoms with Gasteiger partial charge in [0, 0.05) is 0 Å². The normalized spacial score (nSPS) is 13.0. The summed E-state index contributed by atoms with van der Waals surface area (Å²) in [4.78, 5) is 10.9. The lowest BCUT2D eigenvalue weighted by Gasteiger charge is -2.11. The minimum atomic E-state index is 0.0848. The maximum absolute atomic E-state index is 10.9. The lowest BCUT2D eigenvalue weighted by molar-refractivity contribution is -0.119. The van der Waals surface area contributed by atoms with Crippen LogP contribution in [0.3, 0.4) is 0 Å². The molecule has 0 aliphatic carbocycles. The Labute approximate surface area is 69.4 Å². The largest absolute Gasteiger partial charge is 0.311 e. The first-order chi connectivity index (χ1) is 5.22. The molecule has 0 aromatic carbocycles. The Kier molecular flexibility index (Phi) is 6.13. The number of hydrogen-bond acceptors (Lipinski definition) is 2. The highest BCUT2D eigenvalue weighted by molar-refractivity contribution is 5.81. The lowest BCUT2D eigenvalue weighted by Crippen LogP contribution is -2.31. The third-order valence-electron chi connectivity index (χ3n) is 1.94. The van der Waals surface area contributed by atoms with E-state index in [-0.39, 0.29) is 11.8 Å². The van der Waals surface area contributed by atoms with Crippen molar-refractivity contribution in [2.45, 2.75) is 45.6 Å². The van der Waals surface area contributed by atoms with Crippen molar-refractivity contribution in [1.29, 1.82) is 0 Å². The van der Waals surface area contributed by atoms with Crippen LogP contribution in [-0.4, -0.2) is 18.9 Å². The van der Waals surface area contributed by atoms with Gasteiger partial charge in [-0.2, -0.15) is 0 Å². The van der Waals surface area contributed by atoms with Crippen LogP contribution in [0, 0.1) is 0 Å². The Morgan fingerprint density at radius 3 is 2.45 bits per heavy atom. The number of nitrogens with one attached hydrogen (secondary N) is 1. The van der Waals surface area contributed by atoms with E-state index in [2.05, 4.69) is 12.2 Å². The van der Waals surface area contributed by atoms with Crippen LogP contribution in [0.1, 0.15) is 39.5 Å². The standard InChI is InChI=1S/C9H19NO/c1-4-5-6-7-9(10-3)8(2)11/h9-10H,4-7H2,1-3H3/t9-/m1/s1. The van der Waals surface area contributed by atoms with Gasteiger partial charge in [-0.1, -0.05) is 26.2 Å². The summed E-state index contributed by atoms with van der Waals surface area (Å²) >= 11 is 0. The van der Waals surface area contributed by atoms with Gasteiger partial charge in [0.05, 0.1) is 6.04 Å². The molecule has 2 nitrogen and oxygen atoms in total. The highest BCUT2D eigenvalue weighted by Gasteiger charge is 2.09. The zero-order chi connectivity index (χ0) is 8.69. The van der Waals surface area contributed by atoms with Crippen LogP contribution >= 0.6 is 0 Å². The number of ketones is 1. The molecule has 0 aromatic heterocycles. The first kappa shape index (κ1) is 10.6. The molecule has 2 heteroatoms. The molecule has 11 heavy (non-hydrogen) atoms. The fourth-order valence-corrected chi connectivity index (χ4v) is 1.15. The van der Waals surface area contributed by atoms with Crippen molar-refractivity contribution in [3.05, 3.63) is 0 Å². The maximum atomic E-state index is 10.9. The second-order valence-corrected chi connectivity index (χ2v) is 2.95. The molecule has 1 atom stereocenters. The SMILES string of the molecule is CCCCC[C@@H](NC)C(C)=O. The lowest BCUT2D eigenvalue weighted by atomic mass is 10.1. The molecule has 0 saturated heterocycles. The van der Waals surface area contributed by atoms with Gasteiger partial charge in [-0.25, -0.2) is 0 Å². The topological polar surface area (TPSA) is 29.1 Å². The van der Waals surface area contributed by atoms with Crippen LogP contribution < -0.4 is 5.32 Å². The van der Waals surface area contributed by atoms with Crippen molar-refractivity contribution in [3.8, 4) is 0 Å². The average molecular weight is 157 g/mol. The first-order valence-electron chi connectivity index (χ1n) is 4.40. The predicted octanol–water partition coefficient (Wildman–Crippen LogP) is 1.74. The Hall–Kier alpha value is -0.370. The zero-order valence-corrected chi connectivity index (χ0v) is 7.81. The van der Waals surface area contributed by atoms with Crippen LogP contribution in [0.2, 0.25) is 0 Å². The van der Waals surface area contributed by atoms with Crippen LogP contribution in [0.25, 0.3) is 0 Å². The van der Waals surface area contributed by atoms with Gasteiger partial charge in [0.2, 0.25) is 0 Å². The predicted molar refractivity (Wildman–Crippen MR) is 47.7 cm³/mol. The third kappa shape index (κ3) is 4.96. The van der Waals surface area contributed by atoms with E-state index in [9.17, 15) is 4.79 Å². The molecule has 0 radical (unpaired) electrons. The first-order valence-corrected chi connectivity index (χ1v) is 4.40. The van der Waals surface area contributed by atoms with Gasteiger partial charge in [-0.15, -0.1) is 0 Å². The summed E-state index contributed by atoms with van der Waals surface area (Å²) in [5.74, 6) is 0.253. The number of rotatable bonds is 6. The molecule has 0 heterocycles. The summed E-state index contributed by atoms with van der Waals surface area (Å²) < 4.78 is 0. The van der Waals surface area contributed by atoms with Crippen molar-refractivity contribution in [2.75, 3.05) is 7.05 Å². The molecule has 0 unspecified atom stereocenters. The minimum absolute atomic E-state index is 0.0848. The number of carbonyl (C=O) groups excluding carboxylic acids is 1. The van der Waals surface area contributed by atoms with Crippen molar-refractivity contribution in [2.24, 2.45) is 0 Å². The van der Waals surface area contributed by atoms with E-state index >= 15 is 0 Å². The molecule has 66 valence electrons. The highest BCUT2D eigenvalue weighted by Crippen LogP contribution is 2.03. The number of likely N-dealkylation sites (N-methyl/N-ethyl adjacent to an activating group) is 1. The van der Waals surface area contributed by atoms with Gasteiger partial charge < -0.3 is 5.32 Å². The third-order valence-corrected chi connectivity index (χ3v) is 1.94. The number of carbonyl (C=O) groups is 1. The Morgan fingerprint density at radius 2 is 2.09 bits per heavy atom. The van der Waals surface area contributed by atoms with Crippen LogP contribution in [0.5, 0.6) is 0 Å². The van der Waals surface area contributed by atoms with Crippen molar-refractivity contribution < 1.29 is 4.79 Å². The van der Waals surface area contributed by atoms with Gasteiger partial charge in [0.1, 0.15) is 5.78 Å². The van der Waals surface area contributed by atoms with E-state index in [4.69, 9.17) is 0 Å². The van der Waals surface area contributed by atoms with Crippen LogP contribution in [0.15, 0.2) is 0 Å². The van der Waals surface area contributed by atoms with Crippen LogP contribution in [-0.2, 0) is 4.79 Å². The average Bonchev–Trinajstić information content (AvgIpc) is 1.97. The van der Waals surface area contributed by atoms with Crippen molar-refractivity contribution in [1.82, 2.24) is 5.32 Å². The van der Waals surface area contributed by atoms with Crippen LogP contribution in [0.4, 0.5) is 0 Å². The fourth-order valence-electron chi connectivity index (χ4n) is 1.15. The molecule has 0 saturated carbocycles. The summed E-state index contributed by atoms with van der Waals surface area (Å²) in [7, 11) is 1.85. The Morgan fingerprint density at radius 1 is 1.45 bits per heavy atom. The van der Waals surface area contributed by atoms with E-state index in [0.717, 1.165) is 12.8 Å². The smallest absolute Gasteiger partial charge is 0.146 e. The number of hydrogen-bond donors (Lipinski definition) is 1. The Bertz CT molecular complexity index is 112. The molecular formula is C9H19NO. The molecule has 0 amide bonds. The fraction of sp³-hybridized carbons (Fsp3) is 0.889. The zero-order valence-electron chi connectivity index (χ0n) is 7.81. The summed E-state index contributed by atoms with van der Waals surface area (Å²) in [6.07, 6.45) is 4.58. The van der Waals surface area contributed by atoms with E-state index in [0.29, 0.717) is 0 Å². The van der Waals surface area contributed by atoms with Gasteiger partial charge in [-0.05, 0) is 20.4 Å². The van der Waals surface area contributed by atoms with Gasteiger partial charge in [0.25, 0.3) is 0 Å². The highest BCUT2D eigenvalue weighted by atomic mass is 16.1. The maximum Gasteiger partial charge on any atom is 0.146 e. The van der Waals surface area contributed by atoms with Crippen molar-refractivity contribution >= 4 is 5.78 Å². The second kappa shape index (κ2) is 6.35. The Balaban J connectivity index is 3.44. The molecule has 0 aliphatic heterocycles. The minimum Gasteiger partial charge on any atom is -0.311 e. The molecule has 0 spiro atoms. The van der Waals surface area contributed by atoms with E-state index in [1.807, 2.05) is 7.05 Å². The number of unbranched alkanes of at least 4 members (excludes halogenated alkanes) is 2. The van der Waals surface area contributed by atoms with Gasteiger partial charge in [-0.3, -0.25) is 4.79 Å². The summed E-state index contributed by atoms with van der Waals surface area (Å²) in [6.45, 7) is 3.81. The quantitative estimate of drug-likeness (QED) is 0.595. The molecule has 0 aromatic rings. The van der Waals surface area contributed by atoms with Crippen molar-refractivity contribution in [3.63, 3.8) is 0 Å². The molecule has 0 rings (SSSR count). The summed E-state index contributed by atoms with van der Waals surface area (Å²) in [6, 6.07) is 0.0848. The molecular weight excluding hydrogens is 138 g/mol. The van der Waals surface area contributed by atoms with E-state index < -0.39 is 0 Å². The van der Waals surface area contributed by atoms with Gasteiger partial charge in [0.15, 0.2) is 0 Å². The molecule has 1 N–H and O–H groups in total. The molecule has 0 bridgehead atoms. The number of Topliss-reactive ketones (excluding diaryl/α,β-unsaturated/α-hetero) is 1. The van der Waals surface area contributed by atoms with Gasteiger partial charge >= 0.3 is 0 Å². The summed E-state index contributed by atoms with van der Waals surface area (Å²) in [5, 5.41) is 3.01. The van der Waals surface area contributed by atoms with E-state index in [1.165, 1.54) is 12.8 Å². The molecule has 0 fully saturated rings. The van der Waals surface area contributed by atoms with E-state index in [1.54, 1.807) is 6.92 Å². The monoisotopic (exact) mass is 157 g/mol. The molecule has 0 aliphatic rings. The second-order valence-electron chi connectivity index (χ2n) is 2.95.